The zero-order valence-corrected chi connectivity index (χ0v) is 12.2. The van der Waals surface area contributed by atoms with E-state index in [2.05, 4.69) is 12.2 Å². The van der Waals surface area contributed by atoms with E-state index >= 15 is 0 Å². The molecular weight excluding hydrogens is 266 g/mol. The number of carboxylic acid groups (broad SMARTS) is 1. The molecule has 0 saturated heterocycles. The summed E-state index contributed by atoms with van der Waals surface area (Å²) in [7, 11) is 0. The Hall–Kier alpha value is -2.49. The maximum Gasteiger partial charge on any atom is 0.335 e. The lowest BCUT2D eigenvalue weighted by Crippen LogP contribution is -2.00. The summed E-state index contributed by atoms with van der Waals surface area (Å²) in [5.41, 5.74) is 2.85. The molecule has 0 bridgehead atoms. The minimum atomic E-state index is -0.906. The van der Waals surface area contributed by atoms with Crippen molar-refractivity contribution in [3.05, 3.63) is 53.6 Å². The summed E-state index contributed by atoms with van der Waals surface area (Å²) in [4.78, 5) is 11.0. The first-order valence-electron chi connectivity index (χ1n) is 6.94. The highest BCUT2D eigenvalue weighted by Gasteiger charge is 2.07. The molecule has 110 valence electrons. The van der Waals surface area contributed by atoms with Crippen LogP contribution in [0.3, 0.4) is 0 Å². The van der Waals surface area contributed by atoms with Crippen LogP contribution < -0.4 is 10.1 Å². The van der Waals surface area contributed by atoms with E-state index in [1.54, 1.807) is 19.1 Å². The number of benzene rings is 2. The van der Waals surface area contributed by atoms with Crippen LogP contribution in [0.5, 0.6) is 5.75 Å². The van der Waals surface area contributed by atoms with Gasteiger partial charge in [0.05, 0.1) is 12.2 Å². The second kappa shape index (κ2) is 6.79. The molecule has 4 nitrogen and oxygen atoms in total. The van der Waals surface area contributed by atoms with Gasteiger partial charge in [-0.2, -0.15) is 0 Å². The molecule has 2 aromatic rings. The second-order valence-electron chi connectivity index (χ2n) is 4.83. The maximum atomic E-state index is 11.0. The molecule has 0 fully saturated rings. The van der Waals surface area contributed by atoms with Crippen LogP contribution in [0.1, 0.15) is 29.3 Å². The van der Waals surface area contributed by atoms with Crippen molar-refractivity contribution in [1.82, 2.24) is 0 Å². The number of nitrogens with one attached hydrogen (secondary N) is 1. The van der Waals surface area contributed by atoms with Crippen molar-refractivity contribution < 1.29 is 14.6 Å². The fraction of sp³-hybridized carbons (Fsp3) is 0.235. The Balaban J connectivity index is 2.07. The monoisotopic (exact) mass is 285 g/mol. The number of anilines is 2. The van der Waals surface area contributed by atoms with Crippen LogP contribution in [0.15, 0.2) is 42.5 Å². The van der Waals surface area contributed by atoms with E-state index in [1.165, 1.54) is 0 Å². The highest BCUT2D eigenvalue weighted by Crippen LogP contribution is 2.22. The van der Waals surface area contributed by atoms with Gasteiger partial charge in [0, 0.05) is 11.4 Å². The first-order valence-corrected chi connectivity index (χ1v) is 6.94. The third-order valence-electron chi connectivity index (χ3n) is 3.07. The van der Waals surface area contributed by atoms with Gasteiger partial charge in [-0.1, -0.05) is 6.92 Å². The van der Waals surface area contributed by atoms with Crippen LogP contribution in [0.2, 0.25) is 0 Å². The quantitative estimate of drug-likeness (QED) is 0.834. The third-order valence-corrected chi connectivity index (χ3v) is 3.07. The molecule has 0 unspecified atom stereocenters. The van der Waals surface area contributed by atoms with Crippen LogP contribution in [0.25, 0.3) is 0 Å². The third kappa shape index (κ3) is 3.99. The fourth-order valence-electron chi connectivity index (χ4n) is 2.00. The van der Waals surface area contributed by atoms with Gasteiger partial charge in [-0.25, -0.2) is 4.79 Å². The van der Waals surface area contributed by atoms with Crippen molar-refractivity contribution in [1.29, 1.82) is 0 Å². The Morgan fingerprint density at radius 2 is 1.81 bits per heavy atom. The van der Waals surface area contributed by atoms with Gasteiger partial charge < -0.3 is 15.2 Å². The molecule has 2 rings (SSSR count). The van der Waals surface area contributed by atoms with E-state index in [0.717, 1.165) is 29.1 Å². The topological polar surface area (TPSA) is 58.6 Å². The Morgan fingerprint density at radius 1 is 1.14 bits per heavy atom. The summed E-state index contributed by atoms with van der Waals surface area (Å²) in [6.45, 7) is 4.57. The molecule has 0 aliphatic rings. The average Bonchev–Trinajstić information content (AvgIpc) is 2.46. The summed E-state index contributed by atoms with van der Waals surface area (Å²) < 4.78 is 5.53. The smallest absolute Gasteiger partial charge is 0.335 e. The summed E-state index contributed by atoms with van der Waals surface area (Å²) in [5, 5.41) is 12.3. The van der Waals surface area contributed by atoms with Crippen LogP contribution in [-0.4, -0.2) is 17.7 Å². The SMILES string of the molecule is CCCOc1ccc(Nc2ccc(C(=O)O)c(C)c2)cc1. The van der Waals surface area contributed by atoms with Crippen molar-refractivity contribution in [3.8, 4) is 5.75 Å². The molecule has 2 aromatic carbocycles. The van der Waals surface area contributed by atoms with Crippen molar-refractivity contribution in [2.45, 2.75) is 20.3 Å². The van der Waals surface area contributed by atoms with Gasteiger partial charge in [0.15, 0.2) is 0 Å². The maximum absolute atomic E-state index is 11.0. The summed E-state index contributed by atoms with van der Waals surface area (Å²) in [5.74, 6) is -0.0590. The van der Waals surface area contributed by atoms with Gasteiger partial charge in [0.1, 0.15) is 5.75 Å². The summed E-state index contributed by atoms with van der Waals surface area (Å²) in [6, 6.07) is 12.9. The number of aryl methyl sites for hydroxylation is 1. The van der Waals surface area contributed by atoms with E-state index in [4.69, 9.17) is 9.84 Å². The second-order valence-corrected chi connectivity index (χ2v) is 4.83. The predicted molar refractivity (Wildman–Crippen MR) is 83.6 cm³/mol. The molecule has 2 N–H and O–H groups in total. The number of aromatic carboxylic acids is 1. The number of ether oxygens (including phenoxy) is 1. The van der Waals surface area contributed by atoms with E-state index < -0.39 is 5.97 Å². The molecule has 0 radical (unpaired) electrons. The lowest BCUT2D eigenvalue weighted by molar-refractivity contribution is 0.0696. The lowest BCUT2D eigenvalue weighted by Gasteiger charge is -2.10. The Kier molecular flexibility index (Phi) is 4.82. The molecule has 21 heavy (non-hydrogen) atoms. The largest absolute Gasteiger partial charge is 0.494 e. The van der Waals surface area contributed by atoms with Crippen LogP contribution in [0, 0.1) is 6.92 Å². The first kappa shape index (κ1) is 14.9. The molecular formula is C17H19NO3. The van der Waals surface area contributed by atoms with E-state index in [0.29, 0.717) is 12.2 Å². The molecule has 0 aromatic heterocycles. The molecule has 0 heterocycles. The zero-order chi connectivity index (χ0) is 15.2. The normalized spacial score (nSPS) is 10.2. The lowest BCUT2D eigenvalue weighted by atomic mass is 10.1. The molecule has 0 atom stereocenters. The number of hydrogen-bond donors (Lipinski definition) is 2. The van der Waals surface area contributed by atoms with Crippen molar-refractivity contribution in [2.75, 3.05) is 11.9 Å². The van der Waals surface area contributed by atoms with E-state index in [9.17, 15) is 4.79 Å². The van der Waals surface area contributed by atoms with Crippen LogP contribution in [0.4, 0.5) is 11.4 Å². The molecule has 0 spiro atoms. The average molecular weight is 285 g/mol. The van der Waals surface area contributed by atoms with Gasteiger partial charge in [0.25, 0.3) is 0 Å². The van der Waals surface area contributed by atoms with Crippen LogP contribution >= 0.6 is 0 Å². The van der Waals surface area contributed by atoms with E-state index in [-0.39, 0.29) is 0 Å². The summed E-state index contributed by atoms with van der Waals surface area (Å²) in [6.07, 6.45) is 0.981. The fourth-order valence-corrected chi connectivity index (χ4v) is 2.00. The highest BCUT2D eigenvalue weighted by atomic mass is 16.5. The van der Waals surface area contributed by atoms with Crippen LogP contribution in [-0.2, 0) is 0 Å². The Bertz CT molecular complexity index is 620. The minimum Gasteiger partial charge on any atom is -0.494 e. The van der Waals surface area contributed by atoms with Crippen molar-refractivity contribution in [2.24, 2.45) is 0 Å². The minimum absolute atomic E-state index is 0.323. The number of rotatable bonds is 6. The van der Waals surface area contributed by atoms with Gasteiger partial charge >= 0.3 is 5.97 Å². The van der Waals surface area contributed by atoms with Gasteiger partial charge in [-0.3, -0.25) is 0 Å². The number of carbonyl (C=O) groups is 1. The standard InChI is InChI=1S/C17H19NO3/c1-3-10-21-15-7-4-13(5-8-15)18-14-6-9-16(17(19)20)12(2)11-14/h4-9,11,18H,3,10H2,1-2H3,(H,19,20). The Morgan fingerprint density at radius 3 is 2.38 bits per heavy atom. The van der Waals surface area contributed by atoms with Crippen molar-refractivity contribution in [3.63, 3.8) is 0 Å². The molecule has 4 heteroatoms. The van der Waals surface area contributed by atoms with Gasteiger partial charge in [-0.15, -0.1) is 0 Å². The summed E-state index contributed by atoms with van der Waals surface area (Å²) >= 11 is 0. The molecule has 0 aliphatic heterocycles. The predicted octanol–water partition coefficient (Wildman–Crippen LogP) is 4.23. The van der Waals surface area contributed by atoms with Gasteiger partial charge in [0.2, 0.25) is 0 Å². The number of carboxylic acids is 1. The van der Waals surface area contributed by atoms with Gasteiger partial charge in [-0.05, 0) is 61.4 Å². The molecule has 0 aliphatic carbocycles. The number of hydrogen-bond acceptors (Lipinski definition) is 3. The Labute approximate surface area is 124 Å². The van der Waals surface area contributed by atoms with Crippen molar-refractivity contribution >= 4 is 17.3 Å². The van der Waals surface area contributed by atoms with E-state index in [1.807, 2.05) is 30.3 Å². The highest BCUT2D eigenvalue weighted by molar-refractivity contribution is 5.90. The molecule has 0 saturated carbocycles. The molecule has 0 amide bonds. The zero-order valence-electron chi connectivity index (χ0n) is 12.2. The first-order chi connectivity index (χ1) is 10.1.